The summed E-state index contributed by atoms with van der Waals surface area (Å²) >= 11 is 7.38. The molecule has 2 N–H and O–H groups in total. The molecule has 0 bridgehead atoms. The van der Waals surface area contributed by atoms with Crippen LogP contribution in [0.4, 0.5) is 5.13 Å². The normalized spacial score (nSPS) is 16.1. The van der Waals surface area contributed by atoms with Gasteiger partial charge in [0.05, 0.1) is 5.69 Å². The van der Waals surface area contributed by atoms with E-state index < -0.39 is 5.54 Å². The predicted molar refractivity (Wildman–Crippen MR) is 106 cm³/mol. The minimum absolute atomic E-state index is 0.177. The molecule has 138 valence electrons. The van der Waals surface area contributed by atoms with Gasteiger partial charge in [-0.1, -0.05) is 43.0 Å². The summed E-state index contributed by atoms with van der Waals surface area (Å²) in [5, 5.41) is 7.03. The number of benzene rings is 1. The lowest BCUT2D eigenvalue weighted by Crippen LogP contribution is -2.57. The molecule has 1 heterocycles. The maximum Gasteiger partial charge on any atom is 0.251 e. The first-order valence-corrected chi connectivity index (χ1v) is 9.93. The number of hydrogen-bond donors (Lipinski definition) is 2. The van der Waals surface area contributed by atoms with Crippen LogP contribution in [-0.4, -0.2) is 22.3 Å². The summed E-state index contributed by atoms with van der Waals surface area (Å²) in [5.41, 5.74) is 0.960. The molecule has 1 aromatic heterocycles. The molecule has 1 fully saturated rings. The number of thiazole rings is 1. The number of rotatable bonds is 4. The Hall–Kier alpha value is -1.92. The summed E-state index contributed by atoms with van der Waals surface area (Å²) in [7, 11) is 0. The number of carbonyl (C=O) groups is 2. The third kappa shape index (κ3) is 4.07. The topological polar surface area (TPSA) is 71.1 Å². The Balaban J connectivity index is 1.81. The Morgan fingerprint density at radius 2 is 1.81 bits per heavy atom. The van der Waals surface area contributed by atoms with Gasteiger partial charge in [0.2, 0.25) is 5.91 Å². The van der Waals surface area contributed by atoms with Crippen molar-refractivity contribution in [2.45, 2.75) is 51.5 Å². The van der Waals surface area contributed by atoms with Crippen molar-refractivity contribution in [3.63, 3.8) is 0 Å². The molecule has 1 aromatic carbocycles. The van der Waals surface area contributed by atoms with Gasteiger partial charge in [-0.2, -0.15) is 0 Å². The van der Waals surface area contributed by atoms with Gasteiger partial charge in [0.15, 0.2) is 5.13 Å². The van der Waals surface area contributed by atoms with Crippen LogP contribution >= 0.6 is 22.9 Å². The molecule has 26 heavy (non-hydrogen) atoms. The fourth-order valence-electron chi connectivity index (χ4n) is 3.44. The van der Waals surface area contributed by atoms with Crippen molar-refractivity contribution in [2.75, 3.05) is 5.32 Å². The standard InChI is InChI=1S/C19H22ClN3O2S/c1-12-16(14-6-8-15(20)9-7-14)21-18(26-12)22-17(25)19(23-13(2)24)10-4-3-5-11-19/h6-9H,3-5,10-11H2,1-2H3,(H,23,24)(H,21,22,25). The summed E-state index contributed by atoms with van der Waals surface area (Å²) in [6.45, 7) is 3.43. The van der Waals surface area contributed by atoms with Gasteiger partial charge in [-0.05, 0) is 31.9 Å². The molecule has 3 rings (SSSR count). The van der Waals surface area contributed by atoms with Crippen molar-refractivity contribution in [1.82, 2.24) is 10.3 Å². The second kappa shape index (κ2) is 7.76. The average Bonchev–Trinajstić information content (AvgIpc) is 2.96. The first-order chi connectivity index (χ1) is 12.4. The number of carbonyl (C=O) groups excluding carboxylic acids is 2. The largest absolute Gasteiger partial charge is 0.342 e. The second-order valence-electron chi connectivity index (χ2n) is 6.71. The second-order valence-corrected chi connectivity index (χ2v) is 8.35. The number of aryl methyl sites for hydroxylation is 1. The highest BCUT2D eigenvalue weighted by atomic mass is 35.5. The SMILES string of the molecule is CC(=O)NC1(C(=O)Nc2nc(-c3ccc(Cl)cc3)c(C)s2)CCCCC1. The third-order valence-corrected chi connectivity index (χ3v) is 5.83. The molecule has 0 spiro atoms. The molecular formula is C19H22ClN3O2S. The van der Waals surface area contributed by atoms with Gasteiger partial charge in [-0.25, -0.2) is 4.98 Å². The van der Waals surface area contributed by atoms with Crippen LogP contribution < -0.4 is 10.6 Å². The lowest BCUT2D eigenvalue weighted by Gasteiger charge is -2.35. The van der Waals surface area contributed by atoms with E-state index in [0.29, 0.717) is 23.0 Å². The van der Waals surface area contributed by atoms with Crippen LogP contribution in [-0.2, 0) is 9.59 Å². The van der Waals surface area contributed by atoms with E-state index >= 15 is 0 Å². The van der Waals surface area contributed by atoms with E-state index in [-0.39, 0.29) is 11.8 Å². The van der Waals surface area contributed by atoms with Crippen molar-refractivity contribution < 1.29 is 9.59 Å². The minimum Gasteiger partial charge on any atom is -0.342 e. The predicted octanol–water partition coefficient (Wildman–Crippen LogP) is 4.55. The summed E-state index contributed by atoms with van der Waals surface area (Å²) in [5.74, 6) is -0.358. The average molecular weight is 392 g/mol. The monoisotopic (exact) mass is 391 g/mol. The number of amides is 2. The molecule has 0 aliphatic heterocycles. The number of nitrogens with one attached hydrogen (secondary N) is 2. The van der Waals surface area contributed by atoms with Gasteiger partial charge in [0.25, 0.3) is 5.91 Å². The van der Waals surface area contributed by atoms with E-state index in [1.807, 2.05) is 31.2 Å². The highest BCUT2D eigenvalue weighted by molar-refractivity contribution is 7.16. The summed E-state index contributed by atoms with van der Waals surface area (Å²) < 4.78 is 0. The van der Waals surface area contributed by atoms with Crippen LogP contribution in [0.25, 0.3) is 11.3 Å². The number of anilines is 1. The van der Waals surface area contributed by atoms with Crippen molar-refractivity contribution in [2.24, 2.45) is 0 Å². The fourth-order valence-corrected chi connectivity index (χ4v) is 4.40. The Kier molecular flexibility index (Phi) is 5.63. The van der Waals surface area contributed by atoms with Gasteiger partial charge >= 0.3 is 0 Å². The van der Waals surface area contributed by atoms with Crippen LogP contribution in [0.3, 0.4) is 0 Å². The number of halogens is 1. The van der Waals surface area contributed by atoms with Gasteiger partial charge in [0.1, 0.15) is 5.54 Å². The Morgan fingerprint density at radius 1 is 1.15 bits per heavy atom. The van der Waals surface area contributed by atoms with E-state index in [1.165, 1.54) is 18.3 Å². The highest BCUT2D eigenvalue weighted by Crippen LogP contribution is 2.33. The molecule has 0 atom stereocenters. The van der Waals surface area contributed by atoms with Crippen molar-refractivity contribution in [3.05, 3.63) is 34.2 Å². The Labute approximate surface area is 162 Å². The van der Waals surface area contributed by atoms with Crippen molar-refractivity contribution in [3.8, 4) is 11.3 Å². The molecule has 2 amide bonds. The lowest BCUT2D eigenvalue weighted by molar-refractivity contribution is -0.130. The molecule has 0 unspecified atom stereocenters. The molecule has 2 aromatic rings. The van der Waals surface area contributed by atoms with Crippen molar-refractivity contribution >= 4 is 39.9 Å². The number of nitrogens with zero attached hydrogens (tertiary/aromatic N) is 1. The maximum absolute atomic E-state index is 13.0. The molecule has 7 heteroatoms. The van der Waals surface area contributed by atoms with E-state index in [4.69, 9.17) is 11.6 Å². The molecule has 0 radical (unpaired) electrons. The van der Waals surface area contributed by atoms with Crippen LogP contribution in [0.1, 0.15) is 43.9 Å². The minimum atomic E-state index is -0.829. The summed E-state index contributed by atoms with van der Waals surface area (Å²) in [6, 6.07) is 7.47. The van der Waals surface area contributed by atoms with Crippen LogP contribution in [0.5, 0.6) is 0 Å². The van der Waals surface area contributed by atoms with Crippen LogP contribution in [0, 0.1) is 6.92 Å². The fraction of sp³-hybridized carbons (Fsp3) is 0.421. The maximum atomic E-state index is 13.0. The molecule has 5 nitrogen and oxygen atoms in total. The van der Waals surface area contributed by atoms with Gasteiger partial charge in [-0.3, -0.25) is 14.9 Å². The van der Waals surface area contributed by atoms with Gasteiger partial charge in [0, 0.05) is 22.4 Å². The molecule has 1 aliphatic carbocycles. The molecule has 0 saturated heterocycles. The summed E-state index contributed by atoms with van der Waals surface area (Å²) in [4.78, 5) is 30.2. The lowest BCUT2D eigenvalue weighted by atomic mass is 9.81. The van der Waals surface area contributed by atoms with E-state index in [2.05, 4.69) is 15.6 Å². The first kappa shape index (κ1) is 18.9. The zero-order chi connectivity index (χ0) is 18.7. The molecule has 1 aliphatic rings. The van der Waals surface area contributed by atoms with Crippen LogP contribution in [0.2, 0.25) is 5.02 Å². The summed E-state index contributed by atoms with van der Waals surface area (Å²) in [6.07, 6.45) is 4.27. The number of aromatic nitrogens is 1. The van der Waals surface area contributed by atoms with Crippen molar-refractivity contribution in [1.29, 1.82) is 0 Å². The van der Waals surface area contributed by atoms with Gasteiger partial charge < -0.3 is 5.32 Å². The third-order valence-electron chi connectivity index (χ3n) is 4.69. The smallest absolute Gasteiger partial charge is 0.251 e. The zero-order valence-electron chi connectivity index (χ0n) is 14.9. The van der Waals surface area contributed by atoms with Crippen LogP contribution in [0.15, 0.2) is 24.3 Å². The van der Waals surface area contributed by atoms with E-state index in [0.717, 1.165) is 35.4 Å². The van der Waals surface area contributed by atoms with Gasteiger partial charge in [-0.15, -0.1) is 11.3 Å². The molecular weight excluding hydrogens is 370 g/mol. The Morgan fingerprint density at radius 3 is 2.42 bits per heavy atom. The van der Waals surface area contributed by atoms with E-state index in [1.54, 1.807) is 0 Å². The van der Waals surface area contributed by atoms with E-state index in [9.17, 15) is 9.59 Å². The quantitative estimate of drug-likeness (QED) is 0.803. The number of hydrogen-bond acceptors (Lipinski definition) is 4. The zero-order valence-corrected chi connectivity index (χ0v) is 16.5. The first-order valence-electron chi connectivity index (χ1n) is 8.73. The molecule has 1 saturated carbocycles. The highest BCUT2D eigenvalue weighted by Gasteiger charge is 2.40. The Bertz CT molecular complexity index is 811.